The predicted molar refractivity (Wildman–Crippen MR) is 43.4 cm³/mol. The zero-order valence-corrected chi connectivity index (χ0v) is 8.00. The van der Waals surface area contributed by atoms with Crippen molar-refractivity contribution in [1.82, 2.24) is 0 Å². The van der Waals surface area contributed by atoms with E-state index in [0.29, 0.717) is 0 Å². The lowest BCUT2D eigenvalue weighted by molar-refractivity contribution is 0.329. The zero-order valence-electron chi connectivity index (χ0n) is 4.84. The maximum absolute atomic E-state index is 8.43. The third-order valence-electron chi connectivity index (χ3n) is 0.695. The van der Waals surface area contributed by atoms with Gasteiger partial charge in [-0.25, -0.2) is 0 Å². The van der Waals surface area contributed by atoms with E-state index < -0.39 is 11.7 Å². The van der Waals surface area contributed by atoms with Gasteiger partial charge in [-0.15, -0.1) is 0 Å². The van der Waals surface area contributed by atoms with E-state index in [4.69, 9.17) is 49.5 Å². The van der Waals surface area contributed by atoms with Crippen LogP contribution in [0.1, 0.15) is 6.42 Å². The first kappa shape index (κ1) is 11.2. The maximum Gasteiger partial charge on any atom is 0.403 e. The molecule has 0 aliphatic rings. The molecule has 0 amide bonds. The molecule has 0 atom stereocenters. The van der Waals surface area contributed by atoms with Gasteiger partial charge in [0.05, 0.1) is 0 Å². The molecule has 0 bridgehead atoms. The summed E-state index contributed by atoms with van der Waals surface area (Å²) in [5, 5.41) is 0. The van der Waals surface area contributed by atoms with Gasteiger partial charge in [-0.2, -0.15) is 14.7 Å². The molecule has 0 saturated carbocycles. The van der Waals surface area contributed by atoms with Crippen molar-refractivity contribution in [1.29, 1.82) is 0 Å². The molecule has 10 heavy (non-hydrogen) atoms. The summed E-state index contributed by atoms with van der Waals surface area (Å²) in [5.41, 5.74) is 0. The first-order valence-electron chi connectivity index (χ1n) is 2.34. The largest absolute Gasteiger partial charge is 0.403 e. The Kier molecular flexibility index (Phi) is 4.16. The van der Waals surface area contributed by atoms with E-state index in [1.165, 1.54) is 0 Å². The maximum atomic E-state index is 8.43. The molecule has 0 aliphatic carbocycles. The highest BCUT2D eigenvalue weighted by Gasteiger charge is 2.34. The standard InChI is InChI=1S/C3H7Cl3O3P/c4-3(5,6)1-2-10(7,8)9/h7-9H,1-2H2/q+1. The van der Waals surface area contributed by atoms with Crippen molar-refractivity contribution < 1.29 is 14.7 Å². The minimum atomic E-state index is -3.77. The Morgan fingerprint density at radius 2 is 1.50 bits per heavy atom. The SMILES string of the molecule is O[P+](O)(O)CCC(Cl)(Cl)Cl. The molecule has 0 aromatic carbocycles. The van der Waals surface area contributed by atoms with Crippen molar-refractivity contribution in [3.05, 3.63) is 0 Å². The van der Waals surface area contributed by atoms with Crippen LogP contribution in [0, 0.1) is 0 Å². The molecule has 0 rings (SSSR count). The normalized spacial score (nSPS) is 13.8. The van der Waals surface area contributed by atoms with Gasteiger partial charge in [0, 0.05) is 6.42 Å². The number of alkyl halides is 3. The van der Waals surface area contributed by atoms with Crippen LogP contribution in [0.2, 0.25) is 0 Å². The second-order valence-electron chi connectivity index (χ2n) is 1.78. The van der Waals surface area contributed by atoms with Gasteiger partial charge in [-0.05, 0) is 0 Å². The number of hydrogen-bond donors (Lipinski definition) is 3. The van der Waals surface area contributed by atoms with Crippen LogP contribution < -0.4 is 0 Å². The quantitative estimate of drug-likeness (QED) is 0.496. The average Bonchev–Trinajstić information content (AvgIpc) is 1.57. The van der Waals surface area contributed by atoms with Crippen molar-refractivity contribution >= 4 is 42.7 Å². The molecule has 0 aromatic heterocycles. The van der Waals surface area contributed by atoms with Crippen LogP contribution in [-0.2, 0) is 0 Å². The molecule has 0 heterocycles. The minimum Gasteiger partial charge on any atom is -0.193 e. The van der Waals surface area contributed by atoms with Gasteiger partial charge in [0.15, 0.2) is 3.79 Å². The summed E-state index contributed by atoms with van der Waals surface area (Å²) in [7, 11) is -3.77. The van der Waals surface area contributed by atoms with Gasteiger partial charge >= 0.3 is 7.94 Å². The fourth-order valence-corrected chi connectivity index (χ4v) is 1.59. The molecule has 3 N–H and O–H groups in total. The minimum absolute atomic E-state index is 0.0745. The highest BCUT2D eigenvalue weighted by Crippen LogP contribution is 2.48. The molecule has 0 radical (unpaired) electrons. The Balaban J connectivity index is 3.56. The van der Waals surface area contributed by atoms with Gasteiger partial charge in [0.2, 0.25) is 0 Å². The molecule has 0 aromatic rings. The van der Waals surface area contributed by atoms with Crippen LogP contribution in [0.15, 0.2) is 0 Å². The monoisotopic (exact) mass is 227 g/mol. The lowest BCUT2D eigenvalue weighted by Gasteiger charge is -2.09. The first-order valence-corrected chi connectivity index (χ1v) is 5.30. The van der Waals surface area contributed by atoms with E-state index in [-0.39, 0.29) is 12.6 Å². The molecular formula is C3H7Cl3O3P+. The van der Waals surface area contributed by atoms with Crippen molar-refractivity contribution in [2.24, 2.45) is 0 Å². The summed E-state index contributed by atoms with van der Waals surface area (Å²) in [5.74, 6) is 0. The summed E-state index contributed by atoms with van der Waals surface area (Å²) in [6.45, 7) is 0. The summed E-state index contributed by atoms with van der Waals surface area (Å²) in [6, 6.07) is 0. The molecule has 3 nitrogen and oxygen atoms in total. The van der Waals surface area contributed by atoms with Crippen molar-refractivity contribution in [3.8, 4) is 0 Å². The van der Waals surface area contributed by atoms with Crippen LogP contribution in [0.3, 0.4) is 0 Å². The topological polar surface area (TPSA) is 60.7 Å². The van der Waals surface area contributed by atoms with E-state index in [1.807, 2.05) is 0 Å². The number of rotatable bonds is 2. The van der Waals surface area contributed by atoms with Crippen LogP contribution in [-0.4, -0.2) is 24.6 Å². The summed E-state index contributed by atoms with van der Waals surface area (Å²) < 4.78 is -1.53. The third kappa shape index (κ3) is 9.18. The van der Waals surface area contributed by atoms with Crippen molar-refractivity contribution in [3.63, 3.8) is 0 Å². The predicted octanol–water partition coefficient (Wildman–Crippen LogP) is 1.49. The smallest absolute Gasteiger partial charge is 0.193 e. The van der Waals surface area contributed by atoms with E-state index in [2.05, 4.69) is 0 Å². The van der Waals surface area contributed by atoms with Crippen LogP contribution in [0.25, 0.3) is 0 Å². The Morgan fingerprint density at radius 1 is 1.10 bits per heavy atom. The second kappa shape index (κ2) is 3.72. The second-order valence-corrected chi connectivity index (χ2v) is 6.13. The third-order valence-corrected chi connectivity index (χ3v) is 2.09. The van der Waals surface area contributed by atoms with E-state index in [0.717, 1.165) is 0 Å². The fraction of sp³-hybridized carbons (Fsp3) is 1.00. The first-order chi connectivity index (χ1) is 4.21. The van der Waals surface area contributed by atoms with Crippen LogP contribution >= 0.6 is 42.7 Å². The molecule has 0 fully saturated rings. The fourth-order valence-electron chi connectivity index (χ4n) is 0.277. The molecule has 0 saturated heterocycles. The summed E-state index contributed by atoms with van der Waals surface area (Å²) in [4.78, 5) is 25.3. The van der Waals surface area contributed by atoms with Gasteiger partial charge < -0.3 is 0 Å². The Labute approximate surface area is 74.1 Å². The van der Waals surface area contributed by atoms with E-state index in [1.54, 1.807) is 0 Å². The highest BCUT2D eigenvalue weighted by atomic mass is 35.6. The Morgan fingerprint density at radius 3 is 1.60 bits per heavy atom. The Bertz CT molecular complexity index is 92.5. The van der Waals surface area contributed by atoms with Crippen LogP contribution in [0.4, 0.5) is 0 Å². The molecular weight excluding hydrogens is 221 g/mol. The zero-order chi connectivity index (χ0) is 8.41. The van der Waals surface area contributed by atoms with Crippen molar-refractivity contribution in [2.75, 3.05) is 6.16 Å². The van der Waals surface area contributed by atoms with E-state index in [9.17, 15) is 0 Å². The molecule has 0 unspecified atom stereocenters. The van der Waals surface area contributed by atoms with Crippen LogP contribution in [0.5, 0.6) is 0 Å². The van der Waals surface area contributed by atoms with Gasteiger partial charge in [0.1, 0.15) is 6.16 Å². The summed E-state index contributed by atoms with van der Waals surface area (Å²) in [6.07, 6.45) is -0.363. The van der Waals surface area contributed by atoms with Gasteiger partial charge in [-0.1, -0.05) is 34.8 Å². The summed E-state index contributed by atoms with van der Waals surface area (Å²) >= 11 is 15.8. The lowest BCUT2D eigenvalue weighted by Crippen LogP contribution is -2.07. The van der Waals surface area contributed by atoms with Crippen molar-refractivity contribution in [2.45, 2.75) is 10.2 Å². The average molecular weight is 228 g/mol. The molecule has 7 heteroatoms. The van der Waals surface area contributed by atoms with Gasteiger partial charge in [0.25, 0.3) is 0 Å². The van der Waals surface area contributed by atoms with Gasteiger partial charge in [-0.3, -0.25) is 0 Å². The molecule has 62 valence electrons. The highest BCUT2D eigenvalue weighted by molar-refractivity contribution is 7.58. The Hall–Kier alpha value is 1.18. The number of hydrogen-bond acceptors (Lipinski definition) is 3. The lowest BCUT2D eigenvalue weighted by atomic mass is 10.6. The molecule has 0 aliphatic heterocycles. The van der Waals surface area contributed by atoms with E-state index >= 15 is 0 Å². The number of halogens is 3. The molecule has 0 spiro atoms.